The number of ether oxygens (including phenoxy) is 1. The molecule has 0 saturated carbocycles. The summed E-state index contributed by atoms with van der Waals surface area (Å²) < 4.78 is 7.76. The number of nitrogens with zero attached hydrogens (tertiary/aromatic N) is 2. The van der Waals surface area contributed by atoms with Gasteiger partial charge in [-0.05, 0) is 39.3 Å². The summed E-state index contributed by atoms with van der Waals surface area (Å²) in [5.41, 5.74) is 2.55. The molecule has 18 heavy (non-hydrogen) atoms. The predicted molar refractivity (Wildman–Crippen MR) is 72.8 cm³/mol. The fraction of sp³-hybridized carbons (Fsp3) is 0.786. The largest absolute Gasteiger partial charge is 0.381 e. The SMILES string of the molecule is CCc1cc(CC2COCCC2NC)n(CC)n1. The zero-order chi connectivity index (χ0) is 13.0. The molecular formula is C14H25N3O. The molecule has 1 aliphatic rings. The Balaban J connectivity index is 2.09. The van der Waals surface area contributed by atoms with Gasteiger partial charge in [0.1, 0.15) is 0 Å². The summed E-state index contributed by atoms with van der Waals surface area (Å²) >= 11 is 0. The van der Waals surface area contributed by atoms with Crippen molar-refractivity contribution in [3.05, 3.63) is 17.5 Å². The second-order valence-corrected chi connectivity index (χ2v) is 5.02. The molecule has 0 radical (unpaired) electrons. The van der Waals surface area contributed by atoms with E-state index in [0.717, 1.165) is 39.0 Å². The van der Waals surface area contributed by atoms with Gasteiger partial charge in [0.15, 0.2) is 0 Å². The van der Waals surface area contributed by atoms with Gasteiger partial charge < -0.3 is 10.1 Å². The molecule has 1 aromatic heterocycles. The number of aromatic nitrogens is 2. The molecule has 0 aromatic carbocycles. The zero-order valence-corrected chi connectivity index (χ0v) is 11.8. The Labute approximate surface area is 110 Å². The lowest BCUT2D eigenvalue weighted by molar-refractivity contribution is 0.0335. The molecule has 0 amide bonds. The highest BCUT2D eigenvalue weighted by Gasteiger charge is 2.25. The number of nitrogens with one attached hydrogen (secondary N) is 1. The first-order valence-electron chi connectivity index (χ1n) is 7.09. The van der Waals surface area contributed by atoms with Crippen LogP contribution in [-0.4, -0.2) is 36.1 Å². The Kier molecular flexibility index (Phi) is 4.78. The number of hydrogen-bond acceptors (Lipinski definition) is 3. The minimum atomic E-state index is 0.565. The molecule has 0 bridgehead atoms. The van der Waals surface area contributed by atoms with Crippen LogP contribution < -0.4 is 5.32 Å². The monoisotopic (exact) mass is 251 g/mol. The highest BCUT2D eigenvalue weighted by atomic mass is 16.5. The molecule has 4 nitrogen and oxygen atoms in total. The number of hydrogen-bond donors (Lipinski definition) is 1. The maximum Gasteiger partial charge on any atom is 0.0624 e. The average Bonchev–Trinajstić information content (AvgIpc) is 2.81. The van der Waals surface area contributed by atoms with Crippen LogP contribution in [0.25, 0.3) is 0 Å². The lowest BCUT2D eigenvalue weighted by Gasteiger charge is -2.31. The van der Waals surface area contributed by atoms with E-state index in [1.807, 2.05) is 0 Å². The normalized spacial score (nSPS) is 24.4. The molecule has 2 atom stereocenters. The van der Waals surface area contributed by atoms with Crippen LogP contribution >= 0.6 is 0 Å². The Morgan fingerprint density at radius 3 is 3.00 bits per heavy atom. The average molecular weight is 251 g/mol. The molecule has 4 heteroatoms. The van der Waals surface area contributed by atoms with Gasteiger partial charge in [-0.15, -0.1) is 0 Å². The molecule has 1 saturated heterocycles. The van der Waals surface area contributed by atoms with Gasteiger partial charge in [0.25, 0.3) is 0 Å². The van der Waals surface area contributed by atoms with Crippen LogP contribution in [0.4, 0.5) is 0 Å². The van der Waals surface area contributed by atoms with Crippen molar-refractivity contribution >= 4 is 0 Å². The summed E-state index contributed by atoms with van der Waals surface area (Å²) in [6.45, 7) is 7.01. The van der Waals surface area contributed by atoms with E-state index in [0.29, 0.717) is 12.0 Å². The molecule has 0 spiro atoms. The zero-order valence-electron chi connectivity index (χ0n) is 11.8. The molecule has 1 N–H and O–H groups in total. The second-order valence-electron chi connectivity index (χ2n) is 5.02. The van der Waals surface area contributed by atoms with Crippen LogP contribution in [0.5, 0.6) is 0 Å². The van der Waals surface area contributed by atoms with Crippen molar-refractivity contribution in [3.8, 4) is 0 Å². The minimum Gasteiger partial charge on any atom is -0.381 e. The van der Waals surface area contributed by atoms with E-state index in [2.05, 4.69) is 42.1 Å². The van der Waals surface area contributed by atoms with Gasteiger partial charge in [-0.3, -0.25) is 4.68 Å². The third-order valence-electron chi connectivity index (χ3n) is 3.89. The highest BCUT2D eigenvalue weighted by molar-refractivity contribution is 5.12. The molecule has 1 aromatic rings. The van der Waals surface area contributed by atoms with Crippen LogP contribution in [0.1, 0.15) is 31.7 Å². The number of rotatable bonds is 5. The molecule has 1 aliphatic heterocycles. The van der Waals surface area contributed by atoms with Crippen LogP contribution in [0.15, 0.2) is 6.07 Å². The summed E-state index contributed by atoms with van der Waals surface area (Å²) in [6, 6.07) is 2.83. The van der Waals surface area contributed by atoms with Crippen molar-refractivity contribution in [2.24, 2.45) is 5.92 Å². The van der Waals surface area contributed by atoms with Gasteiger partial charge in [0.05, 0.1) is 12.3 Å². The Hall–Kier alpha value is -0.870. The van der Waals surface area contributed by atoms with E-state index >= 15 is 0 Å². The van der Waals surface area contributed by atoms with Gasteiger partial charge in [-0.25, -0.2) is 0 Å². The van der Waals surface area contributed by atoms with Crippen molar-refractivity contribution in [2.75, 3.05) is 20.3 Å². The van der Waals surface area contributed by atoms with Gasteiger partial charge in [-0.1, -0.05) is 6.92 Å². The summed E-state index contributed by atoms with van der Waals surface area (Å²) in [5, 5.41) is 8.04. The van der Waals surface area contributed by atoms with Crippen LogP contribution in [-0.2, 0) is 24.1 Å². The molecular weight excluding hydrogens is 226 g/mol. The third-order valence-corrected chi connectivity index (χ3v) is 3.89. The van der Waals surface area contributed by atoms with Gasteiger partial charge in [0.2, 0.25) is 0 Å². The van der Waals surface area contributed by atoms with E-state index in [1.165, 1.54) is 11.4 Å². The van der Waals surface area contributed by atoms with E-state index in [1.54, 1.807) is 0 Å². The van der Waals surface area contributed by atoms with Gasteiger partial charge in [0, 0.05) is 30.8 Å². The highest BCUT2D eigenvalue weighted by Crippen LogP contribution is 2.20. The van der Waals surface area contributed by atoms with Crippen molar-refractivity contribution in [1.29, 1.82) is 0 Å². The summed E-state index contributed by atoms with van der Waals surface area (Å²) in [5.74, 6) is 0.565. The Morgan fingerprint density at radius 1 is 1.50 bits per heavy atom. The van der Waals surface area contributed by atoms with E-state index < -0.39 is 0 Å². The molecule has 102 valence electrons. The predicted octanol–water partition coefficient (Wildman–Crippen LogP) is 1.63. The van der Waals surface area contributed by atoms with E-state index in [4.69, 9.17) is 4.74 Å². The first-order valence-corrected chi connectivity index (χ1v) is 7.09. The van der Waals surface area contributed by atoms with Crippen molar-refractivity contribution in [2.45, 2.75) is 45.7 Å². The first-order chi connectivity index (χ1) is 8.78. The lowest BCUT2D eigenvalue weighted by Crippen LogP contribution is -2.42. The lowest BCUT2D eigenvalue weighted by atomic mass is 9.91. The topological polar surface area (TPSA) is 39.1 Å². The molecule has 2 heterocycles. The number of aryl methyl sites for hydroxylation is 2. The van der Waals surface area contributed by atoms with Crippen molar-refractivity contribution in [1.82, 2.24) is 15.1 Å². The van der Waals surface area contributed by atoms with E-state index in [9.17, 15) is 0 Å². The van der Waals surface area contributed by atoms with Crippen molar-refractivity contribution in [3.63, 3.8) is 0 Å². The molecule has 0 aliphatic carbocycles. The molecule has 2 unspecified atom stereocenters. The summed E-state index contributed by atoms with van der Waals surface area (Å²) in [7, 11) is 2.05. The molecule has 2 rings (SSSR count). The standard InChI is InChI=1S/C14H25N3O/c1-4-12-9-13(17(5-2)16-12)8-11-10-18-7-6-14(11)15-3/h9,11,14-15H,4-8,10H2,1-3H3. The van der Waals surface area contributed by atoms with Crippen LogP contribution in [0, 0.1) is 5.92 Å². The fourth-order valence-electron chi connectivity index (χ4n) is 2.77. The first kappa shape index (κ1) is 13.6. The third kappa shape index (κ3) is 2.93. The summed E-state index contributed by atoms with van der Waals surface area (Å²) in [4.78, 5) is 0. The smallest absolute Gasteiger partial charge is 0.0624 e. The Bertz CT molecular complexity index is 375. The maximum atomic E-state index is 5.62. The molecule has 1 fully saturated rings. The quantitative estimate of drug-likeness (QED) is 0.864. The Morgan fingerprint density at radius 2 is 2.33 bits per heavy atom. The van der Waals surface area contributed by atoms with Gasteiger partial charge in [-0.2, -0.15) is 5.10 Å². The van der Waals surface area contributed by atoms with E-state index in [-0.39, 0.29) is 0 Å². The fourth-order valence-corrected chi connectivity index (χ4v) is 2.77. The second kappa shape index (κ2) is 6.34. The summed E-state index contributed by atoms with van der Waals surface area (Å²) in [6.07, 6.45) is 3.19. The van der Waals surface area contributed by atoms with Crippen LogP contribution in [0.3, 0.4) is 0 Å². The van der Waals surface area contributed by atoms with Crippen LogP contribution in [0.2, 0.25) is 0 Å². The van der Waals surface area contributed by atoms with Gasteiger partial charge >= 0.3 is 0 Å². The minimum absolute atomic E-state index is 0.565. The van der Waals surface area contributed by atoms with Crippen molar-refractivity contribution < 1.29 is 4.74 Å². The maximum absolute atomic E-state index is 5.62.